The summed E-state index contributed by atoms with van der Waals surface area (Å²) < 4.78 is 21.8. The first kappa shape index (κ1) is 65.8. The van der Waals surface area contributed by atoms with Crippen LogP contribution in [0.5, 0.6) is 0 Å². The van der Waals surface area contributed by atoms with E-state index in [2.05, 4.69) is 20.8 Å². The number of hydrogen-bond acceptors (Lipinski definition) is 6. The minimum atomic E-state index is -0.402. The highest BCUT2D eigenvalue weighted by molar-refractivity contribution is 4.86. The highest BCUT2D eigenvalue weighted by Gasteiger charge is 2.32. The Labute approximate surface area is 462 Å². The lowest BCUT2D eigenvalue weighted by Crippen LogP contribution is -2.56. The maximum Gasteiger partial charge on any atom is 0.336 e. The van der Waals surface area contributed by atoms with Gasteiger partial charge in [0, 0.05) is 19.6 Å². The van der Waals surface area contributed by atoms with Crippen LogP contribution in [-0.2, 0) is 33.8 Å². The van der Waals surface area contributed by atoms with Gasteiger partial charge >= 0.3 is 17.1 Å². The number of aromatic nitrogens is 3. The maximum atomic E-state index is 14.8. The Hall–Kier alpha value is -1.71. The Bertz CT molecular complexity index is 1440. The molecule has 6 unspecified atom stereocenters. The van der Waals surface area contributed by atoms with Gasteiger partial charge in [-0.1, -0.05) is 290 Å². The average Bonchev–Trinajstić information content (AvgIpc) is 4.27. The van der Waals surface area contributed by atoms with Crippen molar-refractivity contribution in [3.05, 3.63) is 31.5 Å². The zero-order valence-electron chi connectivity index (χ0n) is 49.9. The third-order valence-corrected chi connectivity index (χ3v) is 17.6. The molecule has 3 aliphatic rings. The van der Waals surface area contributed by atoms with Crippen molar-refractivity contribution in [2.45, 2.75) is 367 Å². The topological polar surface area (TPSA) is 104 Å². The number of epoxide rings is 3. The lowest BCUT2D eigenvalue weighted by Gasteiger charge is -2.23. The minimum Gasteiger partial charge on any atom is -0.373 e. The zero-order valence-corrected chi connectivity index (χ0v) is 49.9. The van der Waals surface area contributed by atoms with Crippen molar-refractivity contribution < 1.29 is 14.2 Å². The Morgan fingerprint density at radius 1 is 0.293 bits per heavy atom. The molecule has 0 spiro atoms. The molecule has 6 atom stereocenters. The minimum absolute atomic E-state index is 0.164. The van der Waals surface area contributed by atoms with E-state index in [1.807, 2.05) is 0 Å². The highest BCUT2D eigenvalue weighted by atomic mass is 16.6. The second-order valence-corrected chi connectivity index (χ2v) is 25.0. The van der Waals surface area contributed by atoms with Crippen molar-refractivity contribution in [2.24, 2.45) is 17.8 Å². The molecule has 1 aromatic rings. The van der Waals surface area contributed by atoms with E-state index in [0.29, 0.717) is 19.6 Å². The summed E-state index contributed by atoms with van der Waals surface area (Å²) in [4.78, 5) is 44.3. The molecular weight excluding hydrogens is 931 g/mol. The van der Waals surface area contributed by atoms with Crippen LogP contribution in [0.25, 0.3) is 0 Å². The summed E-state index contributed by atoms with van der Waals surface area (Å²) in [6.45, 7) is 10.3. The number of unbranched alkanes of at least 4 members (excludes halogenated alkanes) is 39. The van der Waals surface area contributed by atoms with Crippen LogP contribution in [-0.4, -0.2) is 51.8 Å². The van der Waals surface area contributed by atoms with Crippen molar-refractivity contribution in [2.75, 3.05) is 19.8 Å². The number of rotatable bonds is 57. The number of nitrogens with zero attached hydrogens (tertiary/aromatic N) is 3. The van der Waals surface area contributed by atoms with Gasteiger partial charge in [0.1, 0.15) is 0 Å². The van der Waals surface area contributed by atoms with Gasteiger partial charge in [0.05, 0.1) is 38.1 Å². The quantitative estimate of drug-likeness (QED) is 0.0476. The molecule has 3 saturated heterocycles. The smallest absolute Gasteiger partial charge is 0.336 e. The molecule has 0 N–H and O–H groups in total. The summed E-state index contributed by atoms with van der Waals surface area (Å²) in [7, 11) is 0. The predicted molar refractivity (Wildman–Crippen MR) is 318 cm³/mol. The van der Waals surface area contributed by atoms with E-state index in [9.17, 15) is 14.4 Å². The van der Waals surface area contributed by atoms with E-state index in [1.165, 1.54) is 264 Å². The molecule has 0 bridgehead atoms. The molecule has 1 aromatic heterocycles. The van der Waals surface area contributed by atoms with Crippen LogP contribution in [0.3, 0.4) is 0 Å². The van der Waals surface area contributed by atoms with Crippen LogP contribution in [0, 0.1) is 17.8 Å². The van der Waals surface area contributed by atoms with Crippen LogP contribution in [0.15, 0.2) is 14.4 Å². The summed E-state index contributed by atoms with van der Waals surface area (Å²) in [6, 6.07) is 0. The lowest BCUT2D eigenvalue weighted by molar-refractivity contribution is 0.264. The summed E-state index contributed by atoms with van der Waals surface area (Å²) in [5, 5.41) is 0. The Balaban J connectivity index is 1.35. The molecule has 9 heteroatoms. The van der Waals surface area contributed by atoms with Crippen molar-refractivity contribution >= 4 is 0 Å². The van der Waals surface area contributed by atoms with Crippen LogP contribution < -0.4 is 17.1 Å². The largest absolute Gasteiger partial charge is 0.373 e. The summed E-state index contributed by atoms with van der Waals surface area (Å²) in [6.07, 6.45) is 61.9. The van der Waals surface area contributed by atoms with Gasteiger partial charge < -0.3 is 14.2 Å². The van der Waals surface area contributed by atoms with Gasteiger partial charge in [0.25, 0.3) is 0 Å². The van der Waals surface area contributed by atoms with E-state index in [0.717, 1.165) is 77.6 Å². The van der Waals surface area contributed by atoms with Crippen LogP contribution in [0.2, 0.25) is 0 Å². The monoisotopic (exact) mass is 1050 g/mol. The first-order chi connectivity index (χ1) is 36.9. The van der Waals surface area contributed by atoms with E-state index in [-0.39, 0.29) is 36.1 Å². The molecule has 0 aromatic carbocycles. The standard InChI is InChI=1S/C66H123N3O6/c1-4-7-10-13-16-19-22-25-28-31-34-37-40-43-46-58(49-61-55-73-61)52-67-64(70)68(53-59(50-62-56-74-62)47-44-41-38-35-32-29-26-23-20-17-14-11-8-5-2)66(72)69(65(67)71)54-60(51-63-57-75-63)48-45-42-39-36-33-30-27-24-21-18-15-12-9-6-3/h58-63H,4-57H2,1-3H3. The van der Waals surface area contributed by atoms with E-state index in [4.69, 9.17) is 14.2 Å². The first-order valence-corrected chi connectivity index (χ1v) is 33.7. The van der Waals surface area contributed by atoms with Gasteiger partial charge in [-0.2, -0.15) is 0 Å². The molecule has 0 aliphatic carbocycles. The van der Waals surface area contributed by atoms with Gasteiger partial charge in [-0.05, 0) is 56.3 Å². The fourth-order valence-electron chi connectivity index (χ4n) is 12.4. The zero-order chi connectivity index (χ0) is 53.2. The van der Waals surface area contributed by atoms with Crippen molar-refractivity contribution in [3.8, 4) is 0 Å². The summed E-state index contributed by atoms with van der Waals surface area (Å²) in [5.41, 5.74) is -1.21. The predicted octanol–water partition coefficient (Wildman–Crippen LogP) is 18.0. The molecule has 0 amide bonds. The molecule has 4 heterocycles. The summed E-state index contributed by atoms with van der Waals surface area (Å²) in [5.74, 6) is 0.492. The molecule has 0 saturated carbocycles. The van der Waals surface area contributed by atoms with Gasteiger partial charge in [-0.3, -0.25) is 0 Å². The molecule has 3 fully saturated rings. The third kappa shape index (κ3) is 33.5. The second kappa shape index (κ2) is 44.1. The lowest BCUT2D eigenvalue weighted by atomic mass is 9.95. The molecule has 75 heavy (non-hydrogen) atoms. The first-order valence-electron chi connectivity index (χ1n) is 33.7. The Morgan fingerprint density at radius 2 is 0.453 bits per heavy atom. The van der Waals surface area contributed by atoms with E-state index in [1.54, 1.807) is 0 Å². The van der Waals surface area contributed by atoms with Crippen molar-refractivity contribution in [3.63, 3.8) is 0 Å². The van der Waals surface area contributed by atoms with Gasteiger partial charge in [-0.15, -0.1) is 0 Å². The molecular formula is C66H123N3O6. The van der Waals surface area contributed by atoms with Gasteiger partial charge in [0.2, 0.25) is 0 Å². The highest BCUT2D eigenvalue weighted by Crippen LogP contribution is 2.28. The second-order valence-electron chi connectivity index (χ2n) is 25.0. The number of ether oxygens (including phenoxy) is 3. The average molecular weight is 1050 g/mol. The molecule has 9 nitrogen and oxygen atoms in total. The third-order valence-electron chi connectivity index (χ3n) is 17.6. The van der Waals surface area contributed by atoms with Gasteiger partial charge in [0.15, 0.2) is 0 Å². The van der Waals surface area contributed by atoms with Crippen molar-refractivity contribution in [1.82, 2.24) is 13.7 Å². The van der Waals surface area contributed by atoms with Crippen LogP contribution in [0.1, 0.15) is 329 Å². The van der Waals surface area contributed by atoms with Gasteiger partial charge in [-0.25, -0.2) is 28.1 Å². The number of hydrogen-bond donors (Lipinski definition) is 0. The molecule has 0 radical (unpaired) electrons. The van der Waals surface area contributed by atoms with E-state index < -0.39 is 17.1 Å². The summed E-state index contributed by atoms with van der Waals surface area (Å²) >= 11 is 0. The fraction of sp³-hybridized carbons (Fsp3) is 0.955. The molecule has 438 valence electrons. The van der Waals surface area contributed by atoms with E-state index >= 15 is 0 Å². The fourth-order valence-corrected chi connectivity index (χ4v) is 12.4. The van der Waals surface area contributed by atoms with Crippen molar-refractivity contribution in [1.29, 1.82) is 0 Å². The Kier molecular flexibility index (Phi) is 38.7. The molecule has 4 rings (SSSR count). The maximum absolute atomic E-state index is 14.8. The normalized spacial score (nSPS) is 18.2. The Morgan fingerprint density at radius 3 is 0.613 bits per heavy atom. The SMILES string of the molecule is CCCCCCCCCCCCCCCCC(CC1CO1)Cn1c(=O)n(CC(CCCCCCCCCCCCCCCC)CC2CO2)c(=O)n(CC(CCCCCCCCCCCCCCCC)CC2CO2)c1=O. The van der Waals surface area contributed by atoms with Crippen LogP contribution >= 0.6 is 0 Å². The van der Waals surface area contributed by atoms with Crippen LogP contribution in [0.4, 0.5) is 0 Å². The molecule has 3 aliphatic heterocycles.